The van der Waals surface area contributed by atoms with Crippen LogP contribution < -0.4 is 5.32 Å². The molecule has 8 heteroatoms. The Morgan fingerprint density at radius 2 is 1.86 bits per heavy atom. The molecule has 0 fully saturated rings. The smallest absolute Gasteiger partial charge is 0.309 e. The second-order valence-corrected chi connectivity index (χ2v) is 7.56. The maximum Gasteiger partial charge on any atom is 0.309 e. The number of nitrogens with one attached hydrogen (secondary N) is 1. The molecule has 1 unspecified atom stereocenters. The first-order valence-corrected chi connectivity index (χ1v) is 8.68. The lowest BCUT2D eigenvalue weighted by molar-refractivity contribution is -0.144. The molecular weight excluding hydrogens is 362 g/mol. The third-order valence-corrected chi connectivity index (χ3v) is 4.83. The van der Waals surface area contributed by atoms with E-state index in [-0.39, 0.29) is 0 Å². The molecule has 6 nitrogen and oxygen atoms in total. The van der Waals surface area contributed by atoms with Crippen LogP contribution in [0.25, 0.3) is 0 Å². The fourth-order valence-electron chi connectivity index (χ4n) is 1.64. The molecule has 0 aliphatic carbocycles. The highest BCUT2D eigenvalue weighted by atomic mass is 79.9. The SMILES string of the molecule is COC(=O)C(C)CS(=O)(=O)CC(=O)Nc1ccc(Br)cc1. The predicted molar refractivity (Wildman–Crippen MR) is 82.6 cm³/mol. The van der Waals surface area contributed by atoms with Crippen molar-refractivity contribution >= 4 is 43.3 Å². The summed E-state index contributed by atoms with van der Waals surface area (Å²) < 4.78 is 29.0. The molecule has 1 aromatic carbocycles. The minimum atomic E-state index is -3.69. The second kappa shape index (κ2) is 7.56. The average molecular weight is 378 g/mol. The van der Waals surface area contributed by atoms with Crippen LogP contribution in [0.1, 0.15) is 6.92 Å². The minimum absolute atomic E-state index is 0.423. The Bertz CT molecular complexity index is 612. The van der Waals surface area contributed by atoms with Gasteiger partial charge in [-0.05, 0) is 24.3 Å². The van der Waals surface area contributed by atoms with E-state index in [1.54, 1.807) is 24.3 Å². The van der Waals surface area contributed by atoms with Crippen LogP contribution in [0.3, 0.4) is 0 Å². The van der Waals surface area contributed by atoms with E-state index in [9.17, 15) is 18.0 Å². The molecule has 1 N–H and O–H groups in total. The number of hydrogen-bond acceptors (Lipinski definition) is 5. The fourth-order valence-corrected chi connectivity index (χ4v) is 3.39. The molecule has 1 amide bonds. The summed E-state index contributed by atoms with van der Waals surface area (Å²) in [6.07, 6.45) is 0. The Kier molecular flexibility index (Phi) is 6.35. The van der Waals surface area contributed by atoms with E-state index in [1.807, 2.05) is 0 Å². The first kappa shape index (κ1) is 17.6. The van der Waals surface area contributed by atoms with E-state index in [1.165, 1.54) is 14.0 Å². The summed E-state index contributed by atoms with van der Waals surface area (Å²) in [6, 6.07) is 6.74. The summed E-state index contributed by atoms with van der Waals surface area (Å²) in [7, 11) is -2.50. The first-order chi connectivity index (χ1) is 9.73. The van der Waals surface area contributed by atoms with Gasteiger partial charge < -0.3 is 10.1 Å². The normalized spacial score (nSPS) is 12.5. The van der Waals surface area contributed by atoms with Gasteiger partial charge in [-0.3, -0.25) is 9.59 Å². The Morgan fingerprint density at radius 1 is 1.29 bits per heavy atom. The highest BCUT2D eigenvalue weighted by Crippen LogP contribution is 2.14. The number of carbonyl (C=O) groups is 2. The fraction of sp³-hybridized carbons (Fsp3) is 0.385. The molecular formula is C13H16BrNO5S. The summed E-state index contributed by atoms with van der Waals surface area (Å²) in [4.78, 5) is 22.9. The van der Waals surface area contributed by atoms with Gasteiger partial charge in [-0.1, -0.05) is 22.9 Å². The van der Waals surface area contributed by atoms with E-state index in [0.29, 0.717) is 5.69 Å². The van der Waals surface area contributed by atoms with Gasteiger partial charge in [0, 0.05) is 10.2 Å². The molecule has 0 heterocycles. The number of hydrogen-bond donors (Lipinski definition) is 1. The quantitative estimate of drug-likeness (QED) is 0.760. The van der Waals surface area contributed by atoms with Gasteiger partial charge in [-0.15, -0.1) is 0 Å². The Hall–Kier alpha value is -1.41. The van der Waals surface area contributed by atoms with Crippen LogP contribution in [-0.2, 0) is 24.2 Å². The standard InChI is InChI=1S/C13H16BrNO5S/c1-9(13(17)20-2)7-21(18,19)8-12(16)15-11-5-3-10(14)4-6-11/h3-6,9H,7-8H2,1-2H3,(H,15,16). The van der Waals surface area contributed by atoms with Gasteiger partial charge in [-0.2, -0.15) is 0 Å². The highest BCUT2D eigenvalue weighted by Gasteiger charge is 2.24. The maximum absolute atomic E-state index is 11.8. The second-order valence-electron chi connectivity index (χ2n) is 4.53. The van der Waals surface area contributed by atoms with Gasteiger partial charge in [0.15, 0.2) is 9.84 Å². The molecule has 0 aliphatic heterocycles. The summed E-state index contributed by atoms with van der Waals surface area (Å²) in [5.74, 6) is -3.17. The number of rotatable bonds is 6. The van der Waals surface area contributed by atoms with Gasteiger partial charge in [0.2, 0.25) is 5.91 Å². The topological polar surface area (TPSA) is 89.5 Å². The molecule has 0 aliphatic rings. The summed E-state index contributed by atoms with van der Waals surface area (Å²) in [6.45, 7) is 1.44. The van der Waals surface area contributed by atoms with Gasteiger partial charge in [0.05, 0.1) is 18.8 Å². The average Bonchev–Trinajstić information content (AvgIpc) is 2.39. The zero-order valence-corrected chi connectivity index (χ0v) is 14.0. The molecule has 0 saturated heterocycles. The number of halogens is 1. The Morgan fingerprint density at radius 3 is 2.38 bits per heavy atom. The third kappa shape index (κ3) is 6.26. The van der Waals surface area contributed by atoms with Gasteiger partial charge >= 0.3 is 5.97 Å². The van der Waals surface area contributed by atoms with Crippen molar-refractivity contribution in [1.29, 1.82) is 0 Å². The van der Waals surface area contributed by atoms with E-state index < -0.39 is 39.1 Å². The van der Waals surface area contributed by atoms with Gasteiger partial charge in [-0.25, -0.2) is 8.42 Å². The van der Waals surface area contributed by atoms with Crippen LogP contribution in [0.2, 0.25) is 0 Å². The van der Waals surface area contributed by atoms with Crippen molar-refractivity contribution in [2.45, 2.75) is 6.92 Å². The van der Waals surface area contributed by atoms with E-state index in [2.05, 4.69) is 26.0 Å². The van der Waals surface area contributed by atoms with Crippen molar-refractivity contribution in [3.05, 3.63) is 28.7 Å². The molecule has 0 spiro atoms. The number of anilines is 1. The van der Waals surface area contributed by atoms with Gasteiger partial charge in [0.25, 0.3) is 0 Å². The van der Waals surface area contributed by atoms with Crippen molar-refractivity contribution in [2.24, 2.45) is 5.92 Å². The molecule has 0 bridgehead atoms. The monoisotopic (exact) mass is 377 g/mol. The molecule has 0 radical (unpaired) electrons. The summed E-state index contributed by atoms with van der Waals surface area (Å²) in [5.41, 5.74) is 0.499. The van der Waals surface area contributed by atoms with Crippen LogP contribution in [-0.4, -0.2) is 38.9 Å². The van der Waals surface area contributed by atoms with E-state index in [4.69, 9.17) is 0 Å². The molecule has 1 rings (SSSR count). The predicted octanol–water partition coefficient (Wildman–Crippen LogP) is 1.61. The zero-order chi connectivity index (χ0) is 16.0. The van der Waals surface area contributed by atoms with Crippen molar-refractivity contribution in [3.63, 3.8) is 0 Å². The lowest BCUT2D eigenvalue weighted by atomic mass is 10.2. The number of esters is 1. The lowest BCUT2D eigenvalue weighted by Gasteiger charge is -2.10. The molecule has 0 aromatic heterocycles. The minimum Gasteiger partial charge on any atom is -0.469 e. The number of amides is 1. The van der Waals surface area contributed by atoms with E-state index >= 15 is 0 Å². The largest absolute Gasteiger partial charge is 0.469 e. The molecule has 116 valence electrons. The third-order valence-electron chi connectivity index (χ3n) is 2.59. The number of benzene rings is 1. The zero-order valence-electron chi connectivity index (χ0n) is 11.6. The number of methoxy groups -OCH3 is 1. The lowest BCUT2D eigenvalue weighted by Crippen LogP contribution is -2.29. The van der Waals surface area contributed by atoms with Crippen molar-refractivity contribution in [1.82, 2.24) is 0 Å². The van der Waals surface area contributed by atoms with Crippen molar-refractivity contribution in [2.75, 3.05) is 23.9 Å². The first-order valence-electron chi connectivity index (χ1n) is 6.07. The summed E-state index contributed by atoms with van der Waals surface area (Å²) >= 11 is 3.26. The van der Waals surface area contributed by atoms with Crippen LogP contribution >= 0.6 is 15.9 Å². The van der Waals surface area contributed by atoms with Crippen LogP contribution in [0.5, 0.6) is 0 Å². The number of sulfone groups is 1. The maximum atomic E-state index is 11.8. The number of carbonyl (C=O) groups excluding carboxylic acids is 2. The van der Waals surface area contributed by atoms with Gasteiger partial charge in [0.1, 0.15) is 5.75 Å². The number of ether oxygens (including phenoxy) is 1. The molecule has 21 heavy (non-hydrogen) atoms. The van der Waals surface area contributed by atoms with Crippen LogP contribution in [0.4, 0.5) is 5.69 Å². The van der Waals surface area contributed by atoms with Crippen LogP contribution in [0, 0.1) is 5.92 Å². The Labute approximate surface area is 131 Å². The molecule has 0 saturated carbocycles. The van der Waals surface area contributed by atoms with Crippen LogP contribution in [0.15, 0.2) is 28.7 Å². The highest BCUT2D eigenvalue weighted by molar-refractivity contribution is 9.10. The molecule has 1 aromatic rings. The Balaban J connectivity index is 2.60. The van der Waals surface area contributed by atoms with Crippen molar-refractivity contribution in [3.8, 4) is 0 Å². The summed E-state index contributed by atoms with van der Waals surface area (Å²) in [5, 5.41) is 2.49. The van der Waals surface area contributed by atoms with E-state index in [0.717, 1.165) is 4.47 Å². The van der Waals surface area contributed by atoms with Crippen molar-refractivity contribution < 1.29 is 22.7 Å². The molecule has 1 atom stereocenters.